The van der Waals surface area contributed by atoms with Crippen LogP contribution in [0.5, 0.6) is 0 Å². The van der Waals surface area contributed by atoms with Crippen LogP contribution in [0.1, 0.15) is 11.3 Å². The Bertz CT molecular complexity index is 292. The molecule has 15 heavy (non-hydrogen) atoms. The fourth-order valence-corrected chi connectivity index (χ4v) is 1.89. The number of aromatic nitrogens is 1. The first-order chi connectivity index (χ1) is 7.38. The maximum absolute atomic E-state index is 5.32. The summed E-state index contributed by atoms with van der Waals surface area (Å²) in [6, 6.07) is 2.23. The molecule has 1 fully saturated rings. The molecule has 84 valence electrons. The van der Waals surface area contributed by atoms with Gasteiger partial charge in [-0.1, -0.05) is 0 Å². The van der Waals surface area contributed by atoms with Gasteiger partial charge in [0.1, 0.15) is 0 Å². The first kappa shape index (κ1) is 10.7. The third-order valence-corrected chi connectivity index (χ3v) is 2.68. The zero-order chi connectivity index (χ0) is 10.5. The smallest absolute Gasteiger partial charge is 0.0594 e. The van der Waals surface area contributed by atoms with E-state index in [2.05, 4.69) is 27.5 Å². The van der Waals surface area contributed by atoms with Gasteiger partial charge in [-0.3, -0.25) is 4.90 Å². The van der Waals surface area contributed by atoms with Gasteiger partial charge >= 0.3 is 0 Å². The standard InChI is InChI=1S/C11H19N3O/c1-12-8-11-6-10(7-13-11)9-14-2-4-15-5-3-14/h6-7,12-13H,2-5,8-9H2,1H3. The predicted molar refractivity (Wildman–Crippen MR) is 59.7 cm³/mol. The number of nitrogens with one attached hydrogen (secondary N) is 2. The molecular weight excluding hydrogens is 190 g/mol. The number of hydrogen-bond acceptors (Lipinski definition) is 3. The van der Waals surface area contributed by atoms with Crippen LogP contribution in [0, 0.1) is 0 Å². The van der Waals surface area contributed by atoms with Gasteiger partial charge in [0.15, 0.2) is 0 Å². The third kappa shape index (κ3) is 3.06. The molecule has 1 aliphatic rings. The second-order valence-electron chi connectivity index (χ2n) is 3.95. The van der Waals surface area contributed by atoms with Crippen LogP contribution < -0.4 is 5.32 Å². The summed E-state index contributed by atoms with van der Waals surface area (Å²) in [5.41, 5.74) is 2.61. The van der Waals surface area contributed by atoms with Gasteiger partial charge in [-0.15, -0.1) is 0 Å². The molecule has 1 saturated heterocycles. The zero-order valence-corrected chi connectivity index (χ0v) is 9.25. The minimum atomic E-state index is 0.869. The Balaban J connectivity index is 1.86. The van der Waals surface area contributed by atoms with Crippen molar-refractivity contribution in [3.8, 4) is 0 Å². The van der Waals surface area contributed by atoms with Crippen molar-refractivity contribution in [2.24, 2.45) is 0 Å². The molecule has 4 heteroatoms. The van der Waals surface area contributed by atoms with E-state index < -0.39 is 0 Å². The molecule has 0 radical (unpaired) electrons. The molecule has 2 N–H and O–H groups in total. The number of morpholine rings is 1. The number of aromatic amines is 1. The van der Waals surface area contributed by atoms with Crippen LogP contribution in [0.4, 0.5) is 0 Å². The summed E-state index contributed by atoms with van der Waals surface area (Å²) in [6.45, 7) is 5.77. The fourth-order valence-electron chi connectivity index (χ4n) is 1.89. The van der Waals surface area contributed by atoms with Crippen molar-refractivity contribution in [2.75, 3.05) is 33.4 Å². The lowest BCUT2D eigenvalue weighted by molar-refractivity contribution is 0.0342. The summed E-state index contributed by atoms with van der Waals surface area (Å²) in [4.78, 5) is 5.70. The van der Waals surface area contributed by atoms with E-state index in [1.54, 1.807) is 0 Å². The molecule has 0 spiro atoms. The molecule has 1 aliphatic heterocycles. The lowest BCUT2D eigenvalue weighted by Crippen LogP contribution is -2.35. The van der Waals surface area contributed by atoms with Crippen molar-refractivity contribution in [3.05, 3.63) is 23.5 Å². The lowest BCUT2D eigenvalue weighted by atomic mass is 10.2. The lowest BCUT2D eigenvalue weighted by Gasteiger charge is -2.25. The van der Waals surface area contributed by atoms with Crippen LogP contribution >= 0.6 is 0 Å². The molecular formula is C11H19N3O. The Labute approximate surface area is 90.6 Å². The maximum Gasteiger partial charge on any atom is 0.0594 e. The van der Waals surface area contributed by atoms with E-state index in [9.17, 15) is 0 Å². The molecule has 0 aromatic carbocycles. The molecule has 1 aromatic heterocycles. The van der Waals surface area contributed by atoms with E-state index >= 15 is 0 Å². The van der Waals surface area contributed by atoms with Crippen LogP contribution in [0.2, 0.25) is 0 Å². The van der Waals surface area contributed by atoms with Gasteiger partial charge in [0.05, 0.1) is 13.2 Å². The number of rotatable bonds is 4. The molecule has 0 saturated carbocycles. The molecule has 0 amide bonds. The minimum Gasteiger partial charge on any atom is -0.379 e. The van der Waals surface area contributed by atoms with Crippen molar-refractivity contribution >= 4 is 0 Å². The molecule has 2 rings (SSSR count). The average molecular weight is 209 g/mol. The van der Waals surface area contributed by atoms with Gasteiger partial charge in [-0.25, -0.2) is 0 Å². The molecule has 0 unspecified atom stereocenters. The van der Waals surface area contributed by atoms with Gasteiger partial charge in [0, 0.05) is 38.1 Å². The molecule has 4 nitrogen and oxygen atoms in total. The molecule has 1 aromatic rings. The molecule has 0 atom stereocenters. The van der Waals surface area contributed by atoms with Crippen molar-refractivity contribution in [2.45, 2.75) is 13.1 Å². The summed E-state index contributed by atoms with van der Waals surface area (Å²) < 4.78 is 5.32. The van der Waals surface area contributed by atoms with Gasteiger partial charge in [-0.05, 0) is 18.7 Å². The summed E-state index contributed by atoms with van der Waals surface area (Å²) in [5.74, 6) is 0. The van der Waals surface area contributed by atoms with Gasteiger partial charge in [0.25, 0.3) is 0 Å². The van der Waals surface area contributed by atoms with E-state index in [0.717, 1.165) is 39.4 Å². The van der Waals surface area contributed by atoms with Crippen molar-refractivity contribution in [3.63, 3.8) is 0 Å². The Kier molecular flexibility index (Phi) is 3.77. The Morgan fingerprint density at radius 1 is 1.47 bits per heavy atom. The van der Waals surface area contributed by atoms with Crippen LogP contribution in [0.15, 0.2) is 12.3 Å². The van der Waals surface area contributed by atoms with Gasteiger partial charge in [-0.2, -0.15) is 0 Å². The van der Waals surface area contributed by atoms with Crippen LogP contribution in [0.25, 0.3) is 0 Å². The highest BCUT2D eigenvalue weighted by Gasteiger charge is 2.11. The number of H-pyrrole nitrogens is 1. The first-order valence-corrected chi connectivity index (χ1v) is 5.49. The monoisotopic (exact) mass is 209 g/mol. The highest BCUT2D eigenvalue weighted by Crippen LogP contribution is 2.08. The fraction of sp³-hybridized carbons (Fsp3) is 0.636. The van der Waals surface area contributed by atoms with Crippen LogP contribution in [-0.2, 0) is 17.8 Å². The van der Waals surface area contributed by atoms with E-state index in [1.165, 1.54) is 11.3 Å². The highest BCUT2D eigenvalue weighted by atomic mass is 16.5. The summed E-state index contributed by atoms with van der Waals surface area (Å²) in [6.07, 6.45) is 2.10. The normalized spacial score (nSPS) is 18.2. The summed E-state index contributed by atoms with van der Waals surface area (Å²) >= 11 is 0. The number of nitrogens with zero attached hydrogens (tertiary/aromatic N) is 1. The first-order valence-electron chi connectivity index (χ1n) is 5.49. The van der Waals surface area contributed by atoms with Crippen molar-refractivity contribution in [1.29, 1.82) is 0 Å². The number of hydrogen-bond donors (Lipinski definition) is 2. The Hall–Kier alpha value is -0.840. The third-order valence-electron chi connectivity index (χ3n) is 2.68. The molecule has 0 aliphatic carbocycles. The number of ether oxygens (including phenoxy) is 1. The Morgan fingerprint density at radius 3 is 3.00 bits per heavy atom. The maximum atomic E-state index is 5.32. The highest BCUT2D eigenvalue weighted by molar-refractivity contribution is 5.16. The second kappa shape index (κ2) is 5.30. The minimum absolute atomic E-state index is 0.869. The van der Waals surface area contributed by atoms with E-state index in [-0.39, 0.29) is 0 Å². The van der Waals surface area contributed by atoms with Gasteiger partial charge in [0.2, 0.25) is 0 Å². The van der Waals surface area contributed by atoms with Crippen molar-refractivity contribution < 1.29 is 4.74 Å². The van der Waals surface area contributed by atoms with Crippen LogP contribution in [-0.4, -0.2) is 43.2 Å². The van der Waals surface area contributed by atoms with E-state index in [0.29, 0.717) is 0 Å². The largest absolute Gasteiger partial charge is 0.379 e. The van der Waals surface area contributed by atoms with Crippen molar-refractivity contribution in [1.82, 2.24) is 15.2 Å². The van der Waals surface area contributed by atoms with E-state index in [4.69, 9.17) is 4.74 Å². The SMILES string of the molecule is CNCc1cc(CN2CCOCC2)c[nH]1. The van der Waals surface area contributed by atoms with Gasteiger partial charge < -0.3 is 15.0 Å². The average Bonchev–Trinajstić information content (AvgIpc) is 2.68. The van der Waals surface area contributed by atoms with Crippen LogP contribution in [0.3, 0.4) is 0 Å². The summed E-state index contributed by atoms with van der Waals surface area (Å²) in [5, 5.41) is 3.14. The zero-order valence-electron chi connectivity index (χ0n) is 9.25. The molecule has 0 bridgehead atoms. The topological polar surface area (TPSA) is 40.3 Å². The Morgan fingerprint density at radius 2 is 2.27 bits per heavy atom. The summed E-state index contributed by atoms with van der Waals surface area (Å²) in [7, 11) is 1.96. The predicted octanol–water partition coefficient (Wildman–Crippen LogP) is 0.566. The molecule has 2 heterocycles. The quantitative estimate of drug-likeness (QED) is 0.761. The van der Waals surface area contributed by atoms with E-state index in [1.807, 2.05) is 7.05 Å². The second-order valence-corrected chi connectivity index (χ2v) is 3.95.